The van der Waals surface area contributed by atoms with Crippen molar-refractivity contribution in [2.24, 2.45) is 4.99 Å². The molecule has 0 spiro atoms. The molecule has 2 unspecified atom stereocenters. The summed E-state index contributed by atoms with van der Waals surface area (Å²) in [6, 6.07) is 14.0. The zero-order chi connectivity index (χ0) is 19.7. The summed E-state index contributed by atoms with van der Waals surface area (Å²) in [6.07, 6.45) is 0.652. The Hall–Kier alpha value is -2.87. The molecular formula is C20H19BrN4O3. The average Bonchev–Trinajstić information content (AvgIpc) is 2.71. The van der Waals surface area contributed by atoms with Crippen molar-refractivity contribution in [3.8, 4) is 5.75 Å². The van der Waals surface area contributed by atoms with Gasteiger partial charge in [0.25, 0.3) is 11.8 Å². The molecule has 2 aliphatic rings. The number of carbonyl (C=O) groups is 2. The maximum absolute atomic E-state index is 12.9. The van der Waals surface area contributed by atoms with Crippen molar-refractivity contribution >= 4 is 39.3 Å². The number of anilines is 1. The van der Waals surface area contributed by atoms with E-state index in [0.717, 1.165) is 15.8 Å². The first-order valence-corrected chi connectivity index (χ1v) is 9.79. The van der Waals surface area contributed by atoms with Gasteiger partial charge >= 0.3 is 0 Å². The highest BCUT2D eigenvalue weighted by atomic mass is 79.9. The molecule has 28 heavy (non-hydrogen) atoms. The van der Waals surface area contributed by atoms with Crippen LogP contribution in [0.15, 0.2) is 58.0 Å². The van der Waals surface area contributed by atoms with E-state index in [0.29, 0.717) is 18.7 Å². The highest BCUT2D eigenvalue weighted by Gasteiger charge is 2.32. The first kappa shape index (κ1) is 18.5. The Labute approximate surface area is 170 Å². The molecule has 2 atom stereocenters. The Morgan fingerprint density at radius 1 is 1.29 bits per heavy atom. The maximum Gasteiger partial charge on any atom is 0.288 e. The first-order chi connectivity index (χ1) is 13.5. The second-order valence-corrected chi connectivity index (χ2v) is 7.54. The molecule has 2 amide bonds. The maximum atomic E-state index is 12.9. The standard InChI is InChI=1S/C20H19BrN4O3/c1-12-20(27)25(14-5-3-2-4-6-14)24-18(22-12)19(26)23-16-9-10-28-17-8-7-13(21)11-15(16)17/h2-8,11-12,16H,9-10H2,1H3,(H,22,24)(H,23,26). The molecule has 8 heteroatoms. The van der Waals surface area contributed by atoms with E-state index in [2.05, 4.69) is 31.7 Å². The first-order valence-electron chi connectivity index (χ1n) is 8.99. The van der Waals surface area contributed by atoms with Crippen molar-refractivity contribution in [3.63, 3.8) is 0 Å². The summed E-state index contributed by atoms with van der Waals surface area (Å²) in [6.45, 7) is 2.19. The average molecular weight is 443 g/mol. The highest BCUT2D eigenvalue weighted by Crippen LogP contribution is 2.34. The number of ether oxygens (including phenoxy) is 1. The lowest BCUT2D eigenvalue weighted by Crippen LogP contribution is -2.58. The lowest BCUT2D eigenvalue weighted by atomic mass is 10.0. The number of hydrogen-bond acceptors (Lipinski definition) is 5. The van der Waals surface area contributed by atoms with Crippen molar-refractivity contribution in [3.05, 3.63) is 58.6 Å². The van der Waals surface area contributed by atoms with E-state index in [1.165, 1.54) is 5.01 Å². The molecule has 0 fully saturated rings. The monoisotopic (exact) mass is 442 g/mol. The van der Waals surface area contributed by atoms with E-state index < -0.39 is 6.04 Å². The number of para-hydroxylation sites is 1. The van der Waals surface area contributed by atoms with Crippen LogP contribution in [0.1, 0.15) is 24.9 Å². The van der Waals surface area contributed by atoms with Crippen LogP contribution in [-0.4, -0.2) is 30.3 Å². The van der Waals surface area contributed by atoms with Crippen LogP contribution >= 0.6 is 15.9 Å². The van der Waals surface area contributed by atoms with Crippen LogP contribution in [0.2, 0.25) is 0 Å². The summed E-state index contributed by atoms with van der Waals surface area (Å²) < 4.78 is 6.59. The third-order valence-corrected chi connectivity index (χ3v) is 5.16. The molecule has 0 saturated carbocycles. The van der Waals surface area contributed by atoms with Crippen molar-refractivity contribution in [1.82, 2.24) is 10.7 Å². The van der Waals surface area contributed by atoms with Crippen LogP contribution in [0.5, 0.6) is 5.75 Å². The Morgan fingerprint density at radius 2 is 2.07 bits per heavy atom. The minimum Gasteiger partial charge on any atom is -0.493 e. The molecule has 2 aromatic carbocycles. The number of amides is 2. The van der Waals surface area contributed by atoms with E-state index in [4.69, 9.17) is 4.74 Å². The van der Waals surface area contributed by atoms with Crippen LogP contribution in [0.4, 0.5) is 5.69 Å². The largest absolute Gasteiger partial charge is 0.493 e. The summed E-state index contributed by atoms with van der Waals surface area (Å²) in [5.41, 5.74) is 4.42. The number of benzene rings is 2. The van der Waals surface area contributed by atoms with Crippen LogP contribution in [0.25, 0.3) is 0 Å². The quantitative estimate of drug-likeness (QED) is 0.765. The van der Waals surface area contributed by atoms with Crippen molar-refractivity contribution in [2.45, 2.75) is 25.4 Å². The zero-order valence-electron chi connectivity index (χ0n) is 15.2. The fourth-order valence-corrected chi connectivity index (χ4v) is 3.62. The van der Waals surface area contributed by atoms with Gasteiger partial charge in [-0.3, -0.25) is 15.0 Å². The fourth-order valence-electron chi connectivity index (χ4n) is 3.25. The molecule has 0 radical (unpaired) electrons. The second-order valence-electron chi connectivity index (χ2n) is 6.62. The fraction of sp³-hybridized carbons (Fsp3) is 0.250. The summed E-state index contributed by atoms with van der Waals surface area (Å²) in [5.74, 6) is 0.285. The van der Waals surface area contributed by atoms with Gasteiger partial charge in [0.15, 0.2) is 0 Å². The van der Waals surface area contributed by atoms with Gasteiger partial charge in [0.1, 0.15) is 11.8 Å². The highest BCUT2D eigenvalue weighted by molar-refractivity contribution is 9.10. The number of rotatable bonds is 3. The van der Waals surface area contributed by atoms with E-state index >= 15 is 0 Å². The SMILES string of the molecule is CC1N=C(C(=O)NC2CCOc3ccc(Br)cc32)NN(c2ccccc2)C1=O. The number of halogens is 1. The minimum absolute atomic E-state index is 0.110. The van der Waals surface area contributed by atoms with Gasteiger partial charge in [-0.05, 0) is 37.3 Å². The summed E-state index contributed by atoms with van der Waals surface area (Å²) in [7, 11) is 0. The van der Waals surface area contributed by atoms with Crippen molar-refractivity contribution in [1.29, 1.82) is 0 Å². The molecule has 0 aliphatic carbocycles. The van der Waals surface area contributed by atoms with Gasteiger partial charge in [0, 0.05) is 16.5 Å². The zero-order valence-corrected chi connectivity index (χ0v) is 16.8. The molecule has 2 aliphatic heterocycles. The third-order valence-electron chi connectivity index (χ3n) is 4.66. The Balaban J connectivity index is 1.55. The van der Waals surface area contributed by atoms with Gasteiger partial charge in [-0.1, -0.05) is 34.1 Å². The lowest BCUT2D eigenvalue weighted by molar-refractivity contribution is -0.120. The minimum atomic E-state index is -0.654. The van der Waals surface area contributed by atoms with Crippen LogP contribution < -0.4 is 20.5 Å². The van der Waals surface area contributed by atoms with Crippen LogP contribution in [-0.2, 0) is 9.59 Å². The van der Waals surface area contributed by atoms with Gasteiger partial charge in [0.05, 0.1) is 18.3 Å². The summed E-state index contributed by atoms with van der Waals surface area (Å²) in [5, 5.41) is 4.37. The normalized spacial score (nSPS) is 21.1. The lowest BCUT2D eigenvalue weighted by Gasteiger charge is -2.32. The molecule has 2 N–H and O–H groups in total. The Morgan fingerprint density at radius 3 is 2.86 bits per heavy atom. The molecule has 2 heterocycles. The number of fused-ring (bicyclic) bond motifs is 1. The van der Waals surface area contributed by atoms with E-state index in [9.17, 15) is 9.59 Å². The molecule has 144 valence electrons. The predicted molar refractivity (Wildman–Crippen MR) is 109 cm³/mol. The summed E-state index contributed by atoms with van der Waals surface area (Å²) >= 11 is 3.46. The van der Waals surface area contributed by atoms with Crippen molar-refractivity contribution in [2.75, 3.05) is 11.6 Å². The van der Waals surface area contributed by atoms with E-state index in [-0.39, 0.29) is 23.7 Å². The number of aliphatic imine (C=N–C) groups is 1. The van der Waals surface area contributed by atoms with Gasteiger partial charge in [-0.25, -0.2) is 10.0 Å². The molecular weight excluding hydrogens is 424 g/mol. The molecule has 0 aromatic heterocycles. The number of carbonyl (C=O) groups excluding carboxylic acids is 2. The Kier molecular flexibility index (Phi) is 5.04. The number of nitrogens with zero attached hydrogens (tertiary/aromatic N) is 2. The molecule has 7 nitrogen and oxygen atoms in total. The molecule has 2 aromatic rings. The summed E-state index contributed by atoms with van der Waals surface area (Å²) in [4.78, 5) is 29.6. The van der Waals surface area contributed by atoms with Gasteiger partial charge in [-0.2, -0.15) is 0 Å². The van der Waals surface area contributed by atoms with E-state index in [1.807, 2.05) is 36.4 Å². The van der Waals surface area contributed by atoms with Gasteiger partial charge in [0.2, 0.25) is 5.84 Å². The van der Waals surface area contributed by atoms with Crippen LogP contribution in [0, 0.1) is 0 Å². The number of hydrazine groups is 1. The third kappa shape index (κ3) is 3.60. The van der Waals surface area contributed by atoms with Crippen LogP contribution in [0.3, 0.4) is 0 Å². The predicted octanol–water partition coefficient (Wildman–Crippen LogP) is 2.73. The number of amidine groups is 1. The molecule has 0 bridgehead atoms. The van der Waals surface area contributed by atoms with E-state index in [1.54, 1.807) is 19.1 Å². The second kappa shape index (κ2) is 7.63. The Bertz CT molecular complexity index is 948. The smallest absolute Gasteiger partial charge is 0.288 e. The molecule has 4 rings (SSSR count). The molecule has 0 saturated heterocycles. The van der Waals surface area contributed by atoms with Gasteiger partial charge < -0.3 is 10.1 Å². The van der Waals surface area contributed by atoms with Gasteiger partial charge in [-0.15, -0.1) is 0 Å². The topological polar surface area (TPSA) is 83.0 Å². The number of hydrogen-bond donors (Lipinski definition) is 2. The number of nitrogens with one attached hydrogen (secondary N) is 2. The van der Waals surface area contributed by atoms with Crippen molar-refractivity contribution < 1.29 is 14.3 Å².